The molecule has 1 heterocycles. The molecular formula is C43H62N2O7. The van der Waals surface area contributed by atoms with Gasteiger partial charge in [-0.05, 0) is 137 Å². The van der Waals surface area contributed by atoms with E-state index < -0.39 is 28.7 Å². The number of amides is 1. The predicted octanol–water partition coefficient (Wildman–Crippen LogP) is 8.47. The van der Waals surface area contributed by atoms with Crippen LogP contribution in [0.3, 0.4) is 0 Å². The zero-order valence-electron chi connectivity index (χ0n) is 32.8. The van der Waals surface area contributed by atoms with Crippen molar-refractivity contribution in [3.63, 3.8) is 0 Å². The molecule has 9 unspecified atom stereocenters. The van der Waals surface area contributed by atoms with Gasteiger partial charge in [-0.15, -0.1) is 0 Å². The average Bonchev–Trinajstić information content (AvgIpc) is 3.46. The van der Waals surface area contributed by atoms with Gasteiger partial charge in [0.25, 0.3) is 0 Å². The van der Waals surface area contributed by atoms with Crippen LogP contribution in [0, 0.1) is 62.1 Å². The Balaban J connectivity index is 1.25. The van der Waals surface area contributed by atoms with Crippen LogP contribution >= 0.6 is 0 Å². The van der Waals surface area contributed by atoms with E-state index in [4.69, 9.17) is 4.74 Å². The highest BCUT2D eigenvalue weighted by Gasteiger charge is 2.72. The van der Waals surface area contributed by atoms with E-state index in [1.54, 1.807) is 26.0 Å². The van der Waals surface area contributed by atoms with Gasteiger partial charge in [-0.2, -0.15) is 0 Å². The van der Waals surface area contributed by atoms with Crippen LogP contribution in [0.25, 0.3) is 0 Å². The zero-order valence-corrected chi connectivity index (χ0v) is 32.8. The van der Waals surface area contributed by atoms with Crippen molar-refractivity contribution in [1.29, 1.82) is 0 Å². The number of fused-ring (bicyclic) bond motifs is 7. The number of aliphatic carboxylic acids is 1. The molecule has 9 heteroatoms. The molecular weight excluding hydrogens is 656 g/mol. The number of allylic oxidation sites excluding steroid dienone is 1. The van der Waals surface area contributed by atoms with E-state index in [2.05, 4.69) is 58.4 Å². The lowest BCUT2D eigenvalue weighted by atomic mass is 9.32. The number of carboxylic acid groups (broad SMARTS) is 2. The summed E-state index contributed by atoms with van der Waals surface area (Å²) in [7, 11) is 0. The van der Waals surface area contributed by atoms with Gasteiger partial charge in [0, 0.05) is 23.7 Å². The molecule has 3 N–H and O–H groups in total. The van der Waals surface area contributed by atoms with Gasteiger partial charge in [0.2, 0.25) is 5.91 Å². The first kappa shape index (κ1) is 38.5. The van der Waals surface area contributed by atoms with Crippen LogP contribution in [0.5, 0.6) is 0 Å². The average molecular weight is 719 g/mol. The van der Waals surface area contributed by atoms with E-state index in [-0.39, 0.29) is 64.2 Å². The summed E-state index contributed by atoms with van der Waals surface area (Å²) in [6.45, 7) is 22.0. The normalized spacial score (nSPS) is 39.2. The number of carbonyl (C=O) groups is 4. The van der Waals surface area contributed by atoms with Crippen LogP contribution in [-0.4, -0.2) is 45.1 Å². The summed E-state index contributed by atoms with van der Waals surface area (Å²) in [5.74, 6) is -0.792. The molecule has 5 aliphatic carbocycles. The highest BCUT2D eigenvalue weighted by molar-refractivity contribution is 5.88. The molecule has 5 fully saturated rings. The van der Waals surface area contributed by atoms with Crippen molar-refractivity contribution in [2.24, 2.45) is 62.1 Å². The Morgan fingerprint density at radius 3 is 2.29 bits per heavy atom. The van der Waals surface area contributed by atoms with E-state index in [1.807, 2.05) is 0 Å². The summed E-state index contributed by atoms with van der Waals surface area (Å²) in [4.78, 5) is 55.2. The van der Waals surface area contributed by atoms with Crippen LogP contribution in [-0.2, 0) is 25.7 Å². The Hall–Kier alpha value is -3.23. The van der Waals surface area contributed by atoms with Crippen LogP contribution in [0.1, 0.15) is 142 Å². The Bertz CT molecular complexity index is 1650. The van der Waals surface area contributed by atoms with Crippen LogP contribution in [0.4, 0.5) is 0 Å². The quantitative estimate of drug-likeness (QED) is 0.171. The standard InChI is InChI=1S/C43H62N2O7/c1-25(2)27-14-19-43(36(49)45-24-26-11-10-22-44-34(26)35(47)48)21-20-41(8)28(33(27)43)12-13-30-40(7)17-16-31(52-32(46)23-38(3,4)37(50)51)39(5,6)29(40)15-18-42(30,41)9/h10-11,22,27-31,33H,1,12-21,23-24H2,2-9H3,(H,45,49)(H,47,48)(H,50,51)/t27?,28?,29?,30?,31?,33?,40?,41-,42?,43?/m1/s1. The second kappa shape index (κ2) is 13.0. The summed E-state index contributed by atoms with van der Waals surface area (Å²) >= 11 is 0. The van der Waals surface area contributed by atoms with Gasteiger partial charge in [0.1, 0.15) is 6.10 Å². The number of carboxylic acids is 2. The topological polar surface area (TPSA) is 143 Å². The van der Waals surface area contributed by atoms with Gasteiger partial charge in [-0.25, -0.2) is 9.78 Å². The largest absolute Gasteiger partial charge is 0.481 e. The van der Waals surface area contributed by atoms with E-state index in [0.717, 1.165) is 69.8 Å². The Morgan fingerprint density at radius 1 is 0.923 bits per heavy atom. The van der Waals surface area contributed by atoms with Gasteiger partial charge in [-0.3, -0.25) is 14.4 Å². The number of esters is 1. The van der Waals surface area contributed by atoms with Gasteiger partial charge in [0.05, 0.1) is 17.3 Å². The van der Waals surface area contributed by atoms with E-state index in [0.29, 0.717) is 23.3 Å². The maximum atomic E-state index is 14.5. The third-order valence-corrected chi connectivity index (χ3v) is 16.4. The number of rotatable bonds is 9. The number of aromatic carboxylic acids is 1. The minimum atomic E-state index is -1.17. The van der Waals surface area contributed by atoms with Crippen molar-refractivity contribution < 1.29 is 34.1 Å². The number of nitrogens with zero attached hydrogens (tertiary/aromatic N) is 1. The molecule has 5 saturated carbocycles. The first-order valence-electron chi connectivity index (χ1n) is 19.7. The van der Waals surface area contributed by atoms with E-state index >= 15 is 0 Å². The third-order valence-electron chi connectivity index (χ3n) is 16.4. The van der Waals surface area contributed by atoms with Gasteiger partial charge >= 0.3 is 17.9 Å². The van der Waals surface area contributed by atoms with Gasteiger partial charge in [0.15, 0.2) is 5.69 Å². The van der Waals surface area contributed by atoms with Gasteiger partial charge in [-0.1, -0.05) is 52.8 Å². The molecule has 0 aliphatic heterocycles. The van der Waals surface area contributed by atoms with Crippen LogP contribution in [0.2, 0.25) is 0 Å². The van der Waals surface area contributed by atoms with Crippen molar-refractivity contribution in [2.75, 3.05) is 0 Å². The highest BCUT2D eigenvalue weighted by atomic mass is 16.5. The molecule has 1 aromatic rings. The third kappa shape index (κ3) is 5.73. The number of pyridine rings is 1. The first-order chi connectivity index (χ1) is 24.2. The first-order valence-corrected chi connectivity index (χ1v) is 19.7. The number of hydrogen-bond acceptors (Lipinski definition) is 6. The minimum Gasteiger partial charge on any atom is -0.481 e. The second-order valence-corrected chi connectivity index (χ2v) is 19.5. The summed E-state index contributed by atoms with van der Waals surface area (Å²) in [6, 6.07) is 3.44. The lowest BCUT2D eigenvalue weighted by Crippen LogP contribution is -2.67. The molecule has 9 nitrogen and oxygen atoms in total. The molecule has 0 bridgehead atoms. The number of carbonyl (C=O) groups excluding carboxylic acids is 2. The number of aromatic nitrogens is 1. The molecule has 52 heavy (non-hydrogen) atoms. The number of ether oxygens (including phenoxy) is 1. The number of hydrogen-bond donors (Lipinski definition) is 3. The molecule has 6 rings (SSSR count). The lowest BCUT2D eigenvalue weighted by Gasteiger charge is -2.72. The molecule has 0 radical (unpaired) electrons. The molecule has 286 valence electrons. The van der Waals surface area contributed by atoms with Crippen LogP contribution < -0.4 is 5.32 Å². The van der Waals surface area contributed by atoms with E-state index in [9.17, 15) is 29.4 Å². The van der Waals surface area contributed by atoms with E-state index in [1.165, 1.54) is 6.20 Å². The molecule has 1 aromatic heterocycles. The second-order valence-electron chi connectivity index (χ2n) is 19.5. The molecule has 1 amide bonds. The molecule has 5 aliphatic rings. The van der Waals surface area contributed by atoms with Crippen molar-refractivity contribution >= 4 is 23.8 Å². The predicted molar refractivity (Wildman–Crippen MR) is 198 cm³/mol. The summed E-state index contributed by atoms with van der Waals surface area (Å²) < 4.78 is 6.15. The number of nitrogens with one attached hydrogen (secondary N) is 1. The minimum absolute atomic E-state index is 0.0212. The van der Waals surface area contributed by atoms with Crippen molar-refractivity contribution in [3.8, 4) is 0 Å². The van der Waals surface area contributed by atoms with Gasteiger partial charge < -0.3 is 20.3 Å². The van der Waals surface area contributed by atoms with Crippen molar-refractivity contribution in [2.45, 2.75) is 139 Å². The summed E-state index contributed by atoms with van der Waals surface area (Å²) in [6.07, 6.45) is 10.7. The smallest absolute Gasteiger partial charge is 0.354 e. The van der Waals surface area contributed by atoms with Crippen molar-refractivity contribution in [1.82, 2.24) is 10.3 Å². The Labute approximate surface area is 310 Å². The fourth-order valence-electron chi connectivity index (χ4n) is 13.5. The summed E-state index contributed by atoms with van der Waals surface area (Å²) in [5.41, 5.74) is -0.107. The fraction of sp³-hybridized carbons (Fsp3) is 0.744. The van der Waals surface area contributed by atoms with Crippen LogP contribution in [0.15, 0.2) is 30.5 Å². The van der Waals surface area contributed by atoms with Crippen molar-refractivity contribution in [3.05, 3.63) is 41.7 Å². The Morgan fingerprint density at radius 2 is 1.63 bits per heavy atom. The zero-order chi connectivity index (χ0) is 38.2. The monoisotopic (exact) mass is 718 g/mol. The molecule has 0 saturated heterocycles. The molecule has 0 aromatic carbocycles. The summed E-state index contributed by atoms with van der Waals surface area (Å²) in [5, 5.41) is 22.5. The molecule has 10 atom stereocenters. The highest BCUT2D eigenvalue weighted by Crippen LogP contribution is 2.77. The fourth-order valence-corrected chi connectivity index (χ4v) is 13.5. The SMILES string of the molecule is C=C(C)C1CCC2(C(=O)NCc3cccnc3C(=O)O)CC[C@]3(C)C(CCC4C5(C)CCC(OC(=O)CC(C)(C)C(=O)O)C(C)(C)C5CCC43C)C12. The maximum Gasteiger partial charge on any atom is 0.354 e. The lowest BCUT2D eigenvalue weighted by molar-refractivity contribution is -0.249. The molecule has 0 spiro atoms. The maximum absolute atomic E-state index is 14.5. The Kier molecular flexibility index (Phi) is 9.60.